The number of carbonyl (C=O) groups excluding carboxylic acids is 1. The molecule has 78 valence electrons. The molecule has 1 amide bonds. The quantitative estimate of drug-likeness (QED) is 0.684. The van der Waals surface area contributed by atoms with Crippen LogP contribution in [0, 0.1) is 0 Å². The van der Waals surface area contributed by atoms with Gasteiger partial charge in [-0.05, 0) is 19.4 Å². The second kappa shape index (κ2) is 8.10. The maximum atomic E-state index is 10.9. The van der Waals surface area contributed by atoms with Crippen molar-refractivity contribution < 1.29 is 9.53 Å². The molecule has 0 spiro atoms. The molecule has 3 heteroatoms. The summed E-state index contributed by atoms with van der Waals surface area (Å²) in [6.45, 7) is 8.11. The first-order valence-corrected chi connectivity index (χ1v) is 4.59. The Bertz CT molecular complexity index is 242. The molecular formula is C11H17NO2. The molecule has 0 aliphatic rings. The van der Waals surface area contributed by atoms with Crippen LogP contribution in [0.1, 0.15) is 13.8 Å². The Morgan fingerprint density at radius 1 is 1.57 bits per heavy atom. The molecule has 0 bridgehead atoms. The van der Waals surface area contributed by atoms with Crippen molar-refractivity contribution in [3.8, 4) is 0 Å². The third kappa shape index (κ3) is 6.06. The molecule has 0 aromatic rings. The van der Waals surface area contributed by atoms with Crippen molar-refractivity contribution in [2.75, 3.05) is 13.2 Å². The van der Waals surface area contributed by atoms with Gasteiger partial charge in [-0.1, -0.05) is 30.9 Å². The predicted octanol–water partition coefficient (Wildman–Crippen LogP) is 2.42. The Balaban J connectivity index is 3.91. The number of ether oxygens (including phenoxy) is 1. The van der Waals surface area contributed by atoms with Gasteiger partial charge in [0.25, 0.3) is 0 Å². The molecule has 0 aromatic carbocycles. The average molecular weight is 195 g/mol. The van der Waals surface area contributed by atoms with Crippen molar-refractivity contribution in [1.82, 2.24) is 5.32 Å². The third-order valence-corrected chi connectivity index (χ3v) is 1.53. The molecule has 0 fully saturated rings. The van der Waals surface area contributed by atoms with E-state index in [-0.39, 0.29) is 6.09 Å². The third-order valence-electron chi connectivity index (χ3n) is 1.53. The second-order valence-electron chi connectivity index (χ2n) is 2.53. The lowest BCUT2D eigenvalue weighted by molar-refractivity contribution is 0.153. The number of amides is 1. The summed E-state index contributed by atoms with van der Waals surface area (Å²) in [5.41, 5.74) is 1.01. The highest BCUT2D eigenvalue weighted by Crippen LogP contribution is 1.95. The Labute approximate surface area is 85.1 Å². The van der Waals surface area contributed by atoms with E-state index in [4.69, 9.17) is 4.74 Å². The highest BCUT2D eigenvalue weighted by Gasteiger charge is 1.98. The summed E-state index contributed by atoms with van der Waals surface area (Å²) < 4.78 is 4.72. The maximum Gasteiger partial charge on any atom is 0.407 e. The number of carbonyl (C=O) groups is 1. The summed E-state index contributed by atoms with van der Waals surface area (Å²) in [5.74, 6) is 0. The Hall–Kier alpha value is -1.51. The van der Waals surface area contributed by atoms with Crippen LogP contribution in [-0.2, 0) is 4.74 Å². The molecule has 0 aromatic heterocycles. The molecule has 0 unspecified atom stereocenters. The summed E-state index contributed by atoms with van der Waals surface area (Å²) in [7, 11) is 0. The van der Waals surface area contributed by atoms with Gasteiger partial charge >= 0.3 is 6.09 Å². The number of rotatable bonds is 5. The van der Waals surface area contributed by atoms with Crippen LogP contribution < -0.4 is 5.32 Å². The van der Waals surface area contributed by atoms with Crippen molar-refractivity contribution in [3.63, 3.8) is 0 Å². The monoisotopic (exact) mass is 195 g/mol. The predicted molar refractivity (Wildman–Crippen MR) is 58.1 cm³/mol. The Morgan fingerprint density at radius 2 is 2.29 bits per heavy atom. The van der Waals surface area contributed by atoms with Crippen LogP contribution in [0.25, 0.3) is 0 Å². The van der Waals surface area contributed by atoms with Crippen molar-refractivity contribution >= 4 is 6.09 Å². The molecule has 0 heterocycles. The summed E-state index contributed by atoms with van der Waals surface area (Å²) in [5, 5.41) is 2.63. The molecule has 3 nitrogen and oxygen atoms in total. The number of hydrogen-bond donors (Lipinski definition) is 1. The van der Waals surface area contributed by atoms with E-state index in [1.54, 1.807) is 13.0 Å². The zero-order chi connectivity index (χ0) is 10.8. The lowest BCUT2D eigenvalue weighted by Gasteiger charge is -2.05. The summed E-state index contributed by atoms with van der Waals surface area (Å²) in [6, 6.07) is 0. The molecule has 0 saturated heterocycles. The van der Waals surface area contributed by atoms with Gasteiger partial charge in [-0.25, -0.2) is 4.79 Å². The van der Waals surface area contributed by atoms with Gasteiger partial charge in [0.2, 0.25) is 0 Å². The van der Waals surface area contributed by atoms with Crippen LogP contribution >= 0.6 is 0 Å². The van der Waals surface area contributed by atoms with Crippen LogP contribution in [0.5, 0.6) is 0 Å². The fraction of sp³-hybridized carbons (Fsp3) is 0.364. The van der Waals surface area contributed by atoms with Crippen molar-refractivity contribution in [1.29, 1.82) is 0 Å². The molecule has 1 N–H and O–H groups in total. The smallest absolute Gasteiger partial charge is 0.407 e. The molecule has 0 aliphatic heterocycles. The van der Waals surface area contributed by atoms with Crippen molar-refractivity contribution in [3.05, 3.63) is 36.5 Å². The minimum atomic E-state index is -0.390. The Morgan fingerprint density at radius 3 is 2.79 bits per heavy atom. The van der Waals surface area contributed by atoms with E-state index in [0.717, 1.165) is 5.57 Å². The zero-order valence-corrected chi connectivity index (χ0v) is 8.75. The van der Waals surface area contributed by atoms with Crippen LogP contribution in [0.2, 0.25) is 0 Å². The minimum absolute atomic E-state index is 0.388. The molecule has 14 heavy (non-hydrogen) atoms. The van der Waals surface area contributed by atoms with E-state index >= 15 is 0 Å². The van der Waals surface area contributed by atoms with E-state index in [9.17, 15) is 4.79 Å². The van der Waals surface area contributed by atoms with Gasteiger partial charge in [0.1, 0.15) is 0 Å². The van der Waals surface area contributed by atoms with E-state index in [0.29, 0.717) is 13.2 Å². The standard InChI is InChI=1S/C11H17NO2/c1-4-7-8-10(5-2)9-12-11(13)14-6-3/h4-5,7-8H,1,6,9H2,2-3H3,(H,12,13)/b8-7-,10-5+. The molecule has 0 aliphatic carbocycles. The van der Waals surface area contributed by atoms with Crippen LogP contribution in [-0.4, -0.2) is 19.2 Å². The van der Waals surface area contributed by atoms with E-state index < -0.39 is 0 Å². The van der Waals surface area contributed by atoms with E-state index in [1.807, 2.05) is 25.2 Å². The van der Waals surface area contributed by atoms with Gasteiger partial charge in [-0.15, -0.1) is 0 Å². The van der Waals surface area contributed by atoms with Crippen molar-refractivity contribution in [2.24, 2.45) is 0 Å². The SMILES string of the molecule is C=C/C=C\C(=C/C)CNC(=O)OCC. The normalized spacial score (nSPS) is 11.4. The van der Waals surface area contributed by atoms with E-state index in [2.05, 4.69) is 11.9 Å². The van der Waals surface area contributed by atoms with Gasteiger partial charge in [-0.3, -0.25) is 0 Å². The largest absolute Gasteiger partial charge is 0.450 e. The lowest BCUT2D eigenvalue weighted by Crippen LogP contribution is -2.25. The highest BCUT2D eigenvalue weighted by atomic mass is 16.5. The van der Waals surface area contributed by atoms with Crippen LogP contribution in [0.4, 0.5) is 4.79 Å². The number of hydrogen-bond acceptors (Lipinski definition) is 2. The maximum absolute atomic E-state index is 10.9. The van der Waals surface area contributed by atoms with Gasteiger partial charge in [0.05, 0.1) is 6.61 Å². The van der Waals surface area contributed by atoms with E-state index in [1.165, 1.54) is 0 Å². The first-order valence-electron chi connectivity index (χ1n) is 4.59. The fourth-order valence-corrected chi connectivity index (χ4v) is 0.805. The molecule has 0 atom stereocenters. The average Bonchev–Trinajstić information content (AvgIpc) is 2.19. The molecule has 0 rings (SSSR count). The van der Waals surface area contributed by atoms with Gasteiger partial charge in [0, 0.05) is 6.54 Å². The molecule has 0 saturated carbocycles. The minimum Gasteiger partial charge on any atom is -0.450 e. The number of alkyl carbamates (subject to hydrolysis) is 1. The van der Waals surface area contributed by atoms with Gasteiger partial charge in [-0.2, -0.15) is 0 Å². The van der Waals surface area contributed by atoms with Crippen LogP contribution in [0.15, 0.2) is 36.5 Å². The summed E-state index contributed by atoms with van der Waals surface area (Å²) in [6.07, 6.45) is 6.93. The van der Waals surface area contributed by atoms with Crippen molar-refractivity contribution in [2.45, 2.75) is 13.8 Å². The van der Waals surface area contributed by atoms with Gasteiger partial charge < -0.3 is 10.1 Å². The molecule has 0 radical (unpaired) electrons. The second-order valence-corrected chi connectivity index (χ2v) is 2.53. The number of allylic oxidation sites excluding steroid dienone is 3. The zero-order valence-electron chi connectivity index (χ0n) is 8.75. The fourth-order valence-electron chi connectivity index (χ4n) is 0.805. The highest BCUT2D eigenvalue weighted by molar-refractivity contribution is 5.67. The van der Waals surface area contributed by atoms with Crippen LogP contribution in [0.3, 0.4) is 0 Å². The first kappa shape index (κ1) is 12.5. The summed E-state index contributed by atoms with van der Waals surface area (Å²) in [4.78, 5) is 10.9. The lowest BCUT2D eigenvalue weighted by atomic mass is 10.2. The summed E-state index contributed by atoms with van der Waals surface area (Å²) >= 11 is 0. The number of nitrogens with one attached hydrogen (secondary N) is 1. The first-order chi connectivity index (χ1) is 6.74. The van der Waals surface area contributed by atoms with Gasteiger partial charge in [0.15, 0.2) is 0 Å². The topological polar surface area (TPSA) is 38.3 Å². The molecular weight excluding hydrogens is 178 g/mol. The Kier molecular flexibility index (Phi) is 7.23.